The molecule has 0 fully saturated rings. The zero-order valence-electron chi connectivity index (χ0n) is 11.1. The van der Waals surface area contributed by atoms with Crippen molar-refractivity contribution >= 4 is 34.1 Å². The van der Waals surface area contributed by atoms with E-state index in [2.05, 4.69) is 66.7 Å². The lowest BCUT2D eigenvalue weighted by molar-refractivity contribution is 1.33. The molecule has 0 atom stereocenters. The zero-order valence-corrected chi connectivity index (χ0v) is 12.6. The Hall–Kier alpha value is -1.44. The van der Waals surface area contributed by atoms with Gasteiger partial charge in [0.1, 0.15) is 0 Å². The minimum Gasteiger partial charge on any atom is -0.122 e. The van der Waals surface area contributed by atoms with E-state index < -0.39 is 0 Å². The molecule has 0 saturated carbocycles. The summed E-state index contributed by atoms with van der Waals surface area (Å²) in [5, 5.41) is 2.66. The summed E-state index contributed by atoms with van der Waals surface area (Å²) in [4.78, 5) is 1.28. The highest BCUT2D eigenvalue weighted by Gasteiger charge is 2.01. The number of thioether (sulfide) groups is 1. The van der Waals surface area contributed by atoms with Crippen molar-refractivity contribution in [2.75, 3.05) is 0 Å². The van der Waals surface area contributed by atoms with E-state index in [1.54, 1.807) is 0 Å². The number of alkyl halides is 1. The lowest BCUT2D eigenvalue weighted by Gasteiger charge is -2.07. The molecule has 0 nitrogen and oxygen atoms in total. The van der Waals surface area contributed by atoms with Crippen molar-refractivity contribution in [3.8, 4) is 0 Å². The van der Waals surface area contributed by atoms with Gasteiger partial charge in [-0.2, -0.15) is 0 Å². The first kappa shape index (κ1) is 13.5. The topological polar surface area (TPSA) is 0 Å². The van der Waals surface area contributed by atoms with Crippen LogP contribution in [0.5, 0.6) is 0 Å². The van der Waals surface area contributed by atoms with E-state index in [4.69, 9.17) is 11.6 Å². The van der Waals surface area contributed by atoms with Gasteiger partial charge in [0, 0.05) is 16.5 Å². The van der Waals surface area contributed by atoms with Crippen LogP contribution in [0, 0.1) is 0 Å². The Morgan fingerprint density at radius 3 is 2.35 bits per heavy atom. The summed E-state index contributed by atoms with van der Waals surface area (Å²) in [6.45, 7) is 0. The molecule has 0 amide bonds. The fourth-order valence-electron chi connectivity index (χ4n) is 2.25. The number of fused-ring (bicyclic) bond motifs is 1. The quantitative estimate of drug-likeness (QED) is 0.429. The largest absolute Gasteiger partial charge is 0.122 e. The summed E-state index contributed by atoms with van der Waals surface area (Å²) in [5.74, 6) is 1.57. The molecular weight excluding hydrogens is 284 g/mol. The lowest BCUT2D eigenvalue weighted by Crippen LogP contribution is -1.84. The smallest absolute Gasteiger partial charge is 0.0474 e. The number of hydrogen-bond donors (Lipinski definition) is 0. The van der Waals surface area contributed by atoms with Crippen LogP contribution in [0.3, 0.4) is 0 Å². The van der Waals surface area contributed by atoms with Crippen molar-refractivity contribution in [3.05, 3.63) is 77.9 Å². The highest BCUT2D eigenvalue weighted by Crippen LogP contribution is 2.27. The Balaban J connectivity index is 1.79. The molecule has 0 aliphatic rings. The molecule has 20 heavy (non-hydrogen) atoms. The first-order valence-corrected chi connectivity index (χ1v) is 8.13. The van der Waals surface area contributed by atoms with Gasteiger partial charge in [0.15, 0.2) is 0 Å². The second-order valence-electron chi connectivity index (χ2n) is 4.70. The van der Waals surface area contributed by atoms with Crippen molar-refractivity contribution in [1.29, 1.82) is 0 Å². The van der Waals surface area contributed by atoms with E-state index in [0.717, 1.165) is 5.75 Å². The summed E-state index contributed by atoms with van der Waals surface area (Å²) < 4.78 is 0. The summed E-state index contributed by atoms with van der Waals surface area (Å²) in [6, 6.07) is 23.5. The van der Waals surface area contributed by atoms with Gasteiger partial charge in [0.25, 0.3) is 0 Å². The first-order chi connectivity index (χ1) is 9.86. The fraction of sp³-hybridized carbons (Fsp3) is 0.111. The molecule has 0 unspecified atom stereocenters. The van der Waals surface area contributed by atoms with Gasteiger partial charge in [-0.15, -0.1) is 23.4 Å². The zero-order chi connectivity index (χ0) is 13.8. The van der Waals surface area contributed by atoms with Crippen LogP contribution in [-0.2, 0) is 11.6 Å². The second-order valence-corrected chi connectivity index (χ2v) is 6.02. The van der Waals surface area contributed by atoms with E-state index >= 15 is 0 Å². The fourth-order valence-corrected chi connectivity index (χ4v) is 3.33. The minimum absolute atomic E-state index is 0.578. The van der Waals surface area contributed by atoms with Crippen LogP contribution < -0.4 is 0 Å². The van der Waals surface area contributed by atoms with Gasteiger partial charge < -0.3 is 0 Å². The van der Waals surface area contributed by atoms with Crippen molar-refractivity contribution in [1.82, 2.24) is 0 Å². The molecule has 3 aromatic rings. The van der Waals surface area contributed by atoms with Crippen LogP contribution in [0.15, 0.2) is 71.6 Å². The van der Waals surface area contributed by atoms with E-state index in [-0.39, 0.29) is 0 Å². The van der Waals surface area contributed by atoms with E-state index in [0.29, 0.717) is 5.88 Å². The molecule has 0 heterocycles. The Bertz CT molecular complexity index is 699. The molecule has 0 saturated heterocycles. The number of benzene rings is 3. The highest BCUT2D eigenvalue weighted by atomic mass is 35.5. The Labute approximate surface area is 128 Å². The van der Waals surface area contributed by atoms with Gasteiger partial charge in [-0.3, -0.25) is 0 Å². The van der Waals surface area contributed by atoms with Gasteiger partial charge in [-0.25, -0.2) is 0 Å². The van der Waals surface area contributed by atoms with Crippen molar-refractivity contribution < 1.29 is 0 Å². The van der Waals surface area contributed by atoms with E-state index in [1.165, 1.54) is 26.8 Å². The molecule has 0 radical (unpaired) electrons. The maximum atomic E-state index is 5.81. The molecule has 100 valence electrons. The van der Waals surface area contributed by atoms with E-state index in [9.17, 15) is 0 Å². The van der Waals surface area contributed by atoms with Gasteiger partial charge in [-0.05, 0) is 34.0 Å². The van der Waals surface area contributed by atoms with Crippen LogP contribution in [0.1, 0.15) is 11.1 Å². The lowest BCUT2D eigenvalue weighted by atomic mass is 10.1. The van der Waals surface area contributed by atoms with Crippen molar-refractivity contribution in [3.63, 3.8) is 0 Å². The van der Waals surface area contributed by atoms with Crippen LogP contribution in [-0.4, -0.2) is 0 Å². The molecule has 2 heteroatoms. The van der Waals surface area contributed by atoms with Gasteiger partial charge in [-0.1, -0.05) is 54.6 Å². The molecule has 0 N–H and O–H groups in total. The van der Waals surface area contributed by atoms with Gasteiger partial charge in [0.2, 0.25) is 0 Å². The molecule has 3 aromatic carbocycles. The maximum absolute atomic E-state index is 5.81. The van der Waals surface area contributed by atoms with Gasteiger partial charge in [0.05, 0.1) is 0 Å². The SMILES string of the molecule is ClCc1ccc(SCc2cccc3ccccc23)cc1. The summed E-state index contributed by atoms with van der Waals surface area (Å²) >= 11 is 7.68. The molecule has 0 bridgehead atoms. The van der Waals surface area contributed by atoms with Crippen LogP contribution in [0.4, 0.5) is 0 Å². The van der Waals surface area contributed by atoms with Crippen LogP contribution in [0.2, 0.25) is 0 Å². The number of halogens is 1. The standard InChI is InChI=1S/C18H15ClS/c19-12-14-8-10-17(11-9-14)20-13-16-6-3-5-15-4-1-2-7-18(15)16/h1-11H,12-13H2. The summed E-state index contributed by atoms with van der Waals surface area (Å²) in [7, 11) is 0. The average molecular weight is 299 g/mol. The predicted molar refractivity (Wildman–Crippen MR) is 89.5 cm³/mol. The molecule has 0 aliphatic heterocycles. The van der Waals surface area contributed by atoms with Crippen LogP contribution in [0.25, 0.3) is 10.8 Å². The van der Waals surface area contributed by atoms with Gasteiger partial charge >= 0.3 is 0 Å². The number of hydrogen-bond acceptors (Lipinski definition) is 1. The monoisotopic (exact) mass is 298 g/mol. The van der Waals surface area contributed by atoms with E-state index in [1.807, 2.05) is 11.8 Å². The third-order valence-electron chi connectivity index (χ3n) is 3.35. The Morgan fingerprint density at radius 2 is 1.55 bits per heavy atom. The third kappa shape index (κ3) is 3.00. The minimum atomic E-state index is 0.578. The predicted octanol–water partition coefficient (Wildman–Crippen LogP) is 5.87. The average Bonchev–Trinajstić information content (AvgIpc) is 2.53. The first-order valence-electron chi connectivity index (χ1n) is 6.61. The normalized spacial score (nSPS) is 10.8. The summed E-state index contributed by atoms with van der Waals surface area (Å²) in [5.41, 5.74) is 2.55. The Morgan fingerprint density at radius 1 is 0.800 bits per heavy atom. The maximum Gasteiger partial charge on any atom is 0.0474 e. The van der Waals surface area contributed by atoms with Crippen molar-refractivity contribution in [2.24, 2.45) is 0 Å². The molecule has 0 aliphatic carbocycles. The van der Waals surface area contributed by atoms with Crippen molar-refractivity contribution in [2.45, 2.75) is 16.5 Å². The molecule has 0 aromatic heterocycles. The number of rotatable bonds is 4. The third-order valence-corrected chi connectivity index (χ3v) is 4.72. The molecular formula is C18H15ClS. The highest BCUT2D eigenvalue weighted by molar-refractivity contribution is 7.98. The Kier molecular flexibility index (Phi) is 4.29. The molecule has 0 spiro atoms. The van der Waals surface area contributed by atoms with Crippen LogP contribution >= 0.6 is 23.4 Å². The molecule has 3 rings (SSSR count). The summed E-state index contributed by atoms with van der Waals surface area (Å²) in [6.07, 6.45) is 0. The second kappa shape index (κ2) is 6.34.